The maximum Gasteiger partial charge on any atom is 0.231 e. The third-order valence-corrected chi connectivity index (χ3v) is 3.43. The molecule has 0 radical (unpaired) electrons. The van der Waals surface area contributed by atoms with Crippen molar-refractivity contribution >= 4 is 0 Å². The predicted octanol–water partition coefficient (Wildman–Crippen LogP) is 1.63. The van der Waals surface area contributed by atoms with Gasteiger partial charge < -0.3 is 19.8 Å². The molecule has 0 fully saturated rings. The highest BCUT2D eigenvalue weighted by Crippen LogP contribution is 2.35. The lowest BCUT2D eigenvalue weighted by Crippen LogP contribution is -2.08. The predicted molar refractivity (Wildman–Crippen MR) is 72.3 cm³/mol. The zero-order chi connectivity index (χ0) is 13.4. The van der Waals surface area contributed by atoms with E-state index in [0.717, 1.165) is 35.0 Å². The Hall–Kier alpha value is -2.01. The quantitative estimate of drug-likeness (QED) is 0.910. The smallest absolute Gasteiger partial charge is 0.231 e. The molecule has 0 unspecified atom stereocenters. The minimum atomic E-state index is 0.288. The van der Waals surface area contributed by atoms with Gasteiger partial charge in [0.2, 0.25) is 6.79 Å². The molecule has 0 atom stereocenters. The summed E-state index contributed by atoms with van der Waals surface area (Å²) in [5, 5.41) is 0. The Kier molecular flexibility index (Phi) is 2.91. The molecule has 0 bridgehead atoms. The number of rotatable bonds is 3. The Morgan fingerprint density at radius 2 is 2.11 bits per heavy atom. The molecule has 1 aliphatic rings. The normalized spacial score (nSPS) is 13.0. The van der Waals surface area contributed by atoms with Crippen molar-refractivity contribution in [3.05, 3.63) is 29.6 Å². The van der Waals surface area contributed by atoms with Crippen LogP contribution < -0.4 is 15.2 Å². The van der Waals surface area contributed by atoms with Gasteiger partial charge in [0.25, 0.3) is 0 Å². The number of aryl methyl sites for hydroxylation is 1. The zero-order valence-electron chi connectivity index (χ0n) is 11.1. The Bertz CT molecular complexity index is 619. The number of nitrogens with zero attached hydrogens (tertiary/aromatic N) is 2. The van der Waals surface area contributed by atoms with Gasteiger partial charge in [0.1, 0.15) is 5.82 Å². The van der Waals surface area contributed by atoms with E-state index in [0.29, 0.717) is 6.54 Å². The van der Waals surface area contributed by atoms with E-state index < -0.39 is 0 Å². The highest BCUT2D eigenvalue weighted by molar-refractivity contribution is 5.63. The van der Waals surface area contributed by atoms with Crippen LogP contribution in [0.5, 0.6) is 11.5 Å². The van der Waals surface area contributed by atoms with Gasteiger partial charge in [-0.1, -0.05) is 0 Å². The summed E-state index contributed by atoms with van der Waals surface area (Å²) in [6, 6.07) is 5.89. The van der Waals surface area contributed by atoms with Crippen LogP contribution in [0.1, 0.15) is 11.4 Å². The number of ether oxygens (including phenoxy) is 2. The number of imidazole rings is 1. The lowest BCUT2D eigenvalue weighted by Gasteiger charge is -2.06. The molecule has 2 N–H and O–H groups in total. The minimum absolute atomic E-state index is 0.288. The fraction of sp³-hybridized carbons (Fsp3) is 0.357. The van der Waals surface area contributed by atoms with Gasteiger partial charge in [0.15, 0.2) is 11.5 Å². The summed E-state index contributed by atoms with van der Waals surface area (Å²) < 4.78 is 12.8. The van der Waals surface area contributed by atoms with Crippen LogP contribution in [-0.2, 0) is 13.5 Å². The average Bonchev–Trinajstić information content (AvgIpc) is 2.97. The summed E-state index contributed by atoms with van der Waals surface area (Å²) in [5.74, 6) is 2.50. The van der Waals surface area contributed by atoms with Crippen molar-refractivity contribution in [3.8, 4) is 22.9 Å². The van der Waals surface area contributed by atoms with Crippen molar-refractivity contribution < 1.29 is 9.47 Å². The monoisotopic (exact) mass is 259 g/mol. The maximum atomic E-state index is 5.64. The molecule has 1 aromatic carbocycles. The zero-order valence-corrected chi connectivity index (χ0v) is 11.1. The molecule has 5 nitrogen and oxygen atoms in total. The average molecular weight is 259 g/mol. The van der Waals surface area contributed by atoms with Crippen molar-refractivity contribution in [1.29, 1.82) is 0 Å². The van der Waals surface area contributed by atoms with Gasteiger partial charge in [0, 0.05) is 24.7 Å². The number of fused-ring (bicyclic) bond motifs is 1. The standard InChI is InChI=1S/C14H17N3O2/c1-9-11(5-6-15)17(2)14(16-9)10-3-4-12-13(7-10)19-8-18-12/h3-4,7H,5-6,8,15H2,1-2H3. The lowest BCUT2D eigenvalue weighted by molar-refractivity contribution is 0.174. The Labute approximate surface area is 112 Å². The fourth-order valence-electron chi connectivity index (χ4n) is 2.45. The molecule has 0 spiro atoms. The van der Waals surface area contributed by atoms with E-state index in [4.69, 9.17) is 15.2 Å². The van der Waals surface area contributed by atoms with Crippen LogP contribution in [0, 0.1) is 6.92 Å². The molecule has 0 saturated carbocycles. The van der Waals surface area contributed by atoms with E-state index in [1.54, 1.807) is 0 Å². The van der Waals surface area contributed by atoms with Gasteiger partial charge in [0.05, 0.1) is 5.69 Å². The number of benzene rings is 1. The molecule has 1 aliphatic heterocycles. The largest absolute Gasteiger partial charge is 0.454 e. The molecular formula is C14H17N3O2. The second-order valence-corrected chi connectivity index (χ2v) is 4.63. The summed E-state index contributed by atoms with van der Waals surface area (Å²) in [4.78, 5) is 4.64. The molecule has 100 valence electrons. The van der Waals surface area contributed by atoms with Crippen molar-refractivity contribution in [2.45, 2.75) is 13.3 Å². The summed E-state index contributed by atoms with van der Waals surface area (Å²) in [6.45, 7) is 2.93. The van der Waals surface area contributed by atoms with Crippen LogP contribution in [0.15, 0.2) is 18.2 Å². The first-order valence-corrected chi connectivity index (χ1v) is 6.33. The second-order valence-electron chi connectivity index (χ2n) is 4.63. The fourth-order valence-corrected chi connectivity index (χ4v) is 2.45. The number of hydrogen-bond acceptors (Lipinski definition) is 4. The highest BCUT2D eigenvalue weighted by Gasteiger charge is 2.17. The molecule has 3 rings (SSSR count). The molecule has 5 heteroatoms. The van der Waals surface area contributed by atoms with E-state index in [9.17, 15) is 0 Å². The molecule has 1 aromatic heterocycles. The first-order chi connectivity index (χ1) is 9.20. The van der Waals surface area contributed by atoms with Crippen LogP contribution in [0.3, 0.4) is 0 Å². The molecule has 0 amide bonds. The maximum absolute atomic E-state index is 5.64. The Morgan fingerprint density at radius 3 is 2.89 bits per heavy atom. The molecule has 0 aliphatic carbocycles. The van der Waals surface area contributed by atoms with Crippen LogP contribution in [0.2, 0.25) is 0 Å². The minimum Gasteiger partial charge on any atom is -0.454 e. The summed E-state index contributed by atoms with van der Waals surface area (Å²) in [6.07, 6.45) is 0.833. The first-order valence-electron chi connectivity index (χ1n) is 6.33. The van der Waals surface area contributed by atoms with E-state index in [-0.39, 0.29) is 6.79 Å². The van der Waals surface area contributed by atoms with E-state index in [2.05, 4.69) is 9.55 Å². The number of nitrogens with two attached hydrogens (primary N) is 1. The summed E-state index contributed by atoms with van der Waals surface area (Å²) >= 11 is 0. The van der Waals surface area contributed by atoms with Crippen molar-refractivity contribution in [3.63, 3.8) is 0 Å². The van der Waals surface area contributed by atoms with Crippen molar-refractivity contribution in [2.75, 3.05) is 13.3 Å². The van der Waals surface area contributed by atoms with Gasteiger partial charge in [-0.05, 0) is 31.7 Å². The third kappa shape index (κ3) is 1.96. The Morgan fingerprint density at radius 1 is 1.32 bits per heavy atom. The van der Waals surface area contributed by atoms with E-state index >= 15 is 0 Å². The van der Waals surface area contributed by atoms with Crippen LogP contribution in [0.25, 0.3) is 11.4 Å². The van der Waals surface area contributed by atoms with Gasteiger partial charge >= 0.3 is 0 Å². The van der Waals surface area contributed by atoms with Gasteiger partial charge in [-0.3, -0.25) is 0 Å². The highest BCUT2D eigenvalue weighted by atomic mass is 16.7. The number of aromatic nitrogens is 2. The van der Waals surface area contributed by atoms with Gasteiger partial charge in [-0.15, -0.1) is 0 Å². The van der Waals surface area contributed by atoms with Gasteiger partial charge in [-0.25, -0.2) is 4.98 Å². The SMILES string of the molecule is Cc1nc(-c2ccc3c(c2)OCO3)n(C)c1CCN. The third-order valence-electron chi connectivity index (χ3n) is 3.43. The van der Waals surface area contributed by atoms with Crippen LogP contribution >= 0.6 is 0 Å². The van der Waals surface area contributed by atoms with E-state index in [1.807, 2.05) is 32.2 Å². The Balaban J connectivity index is 2.05. The first kappa shape index (κ1) is 12.0. The van der Waals surface area contributed by atoms with Crippen molar-refractivity contribution in [1.82, 2.24) is 9.55 Å². The number of hydrogen-bond donors (Lipinski definition) is 1. The van der Waals surface area contributed by atoms with Crippen LogP contribution in [0.4, 0.5) is 0 Å². The lowest BCUT2D eigenvalue weighted by atomic mass is 10.2. The van der Waals surface area contributed by atoms with Crippen LogP contribution in [-0.4, -0.2) is 22.9 Å². The second kappa shape index (κ2) is 4.59. The van der Waals surface area contributed by atoms with Crippen molar-refractivity contribution in [2.24, 2.45) is 12.8 Å². The molecule has 19 heavy (non-hydrogen) atoms. The summed E-state index contributed by atoms with van der Waals surface area (Å²) in [7, 11) is 2.02. The van der Waals surface area contributed by atoms with E-state index in [1.165, 1.54) is 5.69 Å². The summed E-state index contributed by atoms with van der Waals surface area (Å²) in [5.41, 5.74) is 8.87. The molecular weight excluding hydrogens is 242 g/mol. The topological polar surface area (TPSA) is 62.3 Å². The van der Waals surface area contributed by atoms with Gasteiger partial charge in [-0.2, -0.15) is 0 Å². The molecule has 2 aromatic rings. The molecule has 2 heterocycles. The molecule has 0 saturated heterocycles.